The lowest BCUT2D eigenvalue weighted by Crippen LogP contribution is -2.12. The van der Waals surface area contributed by atoms with Crippen LogP contribution in [-0.4, -0.2) is 11.1 Å². The first-order valence-electron chi connectivity index (χ1n) is 4.46. The Morgan fingerprint density at radius 2 is 2.17 bits per heavy atom. The Hall–Kier alpha value is -0.790. The van der Waals surface area contributed by atoms with Crippen LogP contribution in [0.4, 0.5) is 0 Å². The summed E-state index contributed by atoms with van der Waals surface area (Å²) in [5.74, 6) is -0.279. The zero-order valence-corrected chi connectivity index (χ0v) is 7.76. The normalized spacial score (nSPS) is 24.3. The third-order valence-electron chi connectivity index (χ3n) is 2.71. The predicted octanol–water partition coefficient (Wildman–Crippen LogP) is 2.60. The van der Waals surface area contributed by atoms with Gasteiger partial charge in [-0.15, -0.1) is 0 Å². The zero-order valence-electron chi connectivity index (χ0n) is 7.76. The van der Waals surface area contributed by atoms with E-state index in [2.05, 4.69) is 13.8 Å². The summed E-state index contributed by atoms with van der Waals surface area (Å²) in [5.41, 5.74) is 2.85. The minimum Gasteiger partial charge on any atom is -0.481 e. The summed E-state index contributed by atoms with van der Waals surface area (Å²) < 4.78 is 0. The van der Waals surface area contributed by atoms with Gasteiger partial charge in [0.25, 0.3) is 0 Å². The topological polar surface area (TPSA) is 37.3 Å². The Morgan fingerprint density at radius 3 is 2.67 bits per heavy atom. The van der Waals surface area contributed by atoms with E-state index < -0.39 is 5.97 Å². The highest BCUT2D eigenvalue weighted by molar-refractivity contribution is 5.67. The van der Waals surface area contributed by atoms with Crippen LogP contribution in [0, 0.1) is 5.92 Å². The first kappa shape index (κ1) is 9.30. The van der Waals surface area contributed by atoms with Crippen molar-refractivity contribution in [2.24, 2.45) is 5.92 Å². The van der Waals surface area contributed by atoms with E-state index >= 15 is 0 Å². The fourth-order valence-electron chi connectivity index (χ4n) is 1.76. The number of aliphatic carboxylic acids is 1. The molecule has 0 bridgehead atoms. The third kappa shape index (κ3) is 2.36. The number of carbonyl (C=O) groups is 1. The van der Waals surface area contributed by atoms with Gasteiger partial charge in [0.15, 0.2) is 0 Å². The van der Waals surface area contributed by atoms with Gasteiger partial charge in [-0.2, -0.15) is 0 Å². The molecule has 1 aliphatic rings. The molecule has 1 N–H and O–H groups in total. The number of carboxylic acids is 1. The quantitative estimate of drug-likeness (QED) is 0.643. The molecule has 0 aliphatic heterocycles. The van der Waals surface area contributed by atoms with Gasteiger partial charge in [0.2, 0.25) is 0 Å². The van der Waals surface area contributed by atoms with Crippen LogP contribution >= 0.6 is 0 Å². The lowest BCUT2D eigenvalue weighted by atomic mass is 9.83. The molecule has 0 aromatic carbocycles. The molecule has 2 heteroatoms. The van der Waals surface area contributed by atoms with Crippen molar-refractivity contribution in [1.29, 1.82) is 0 Å². The molecule has 0 radical (unpaired) electrons. The van der Waals surface area contributed by atoms with Crippen LogP contribution in [0.3, 0.4) is 0 Å². The van der Waals surface area contributed by atoms with Crippen molar-refractivity contribution >= 4 is 5.97 Å². The van der Waals surface area contributed by atoms with Gasteiger partial charge < -0.3 is 5.11 Å². The number of rotatable bonds is 2. The summed E-state index contributed by atoms with van der Waals surface area (Å²) in [6.45, 7) is 4.26. The lowest BCUT2D eigenvalue weighted by Gasteiger charge is -2.22. The van der Waals surface area contributed by atoms with Crippen LogP contribution in [0.5, 0.6) is 0 Å². The Balaban J connectivity index is 2.49. The molecule has 1 atom stereocenters. The molecular weight excluding hydrogens is 152 g/mol. The molecule has 0 saturated carbocycles. The van der Waals surface area contributed by atoms with E-state index in [0.29, 0.717) is 12.3 Å². The second-order valence-corrected chi connectivity index (χ2v) is 3.77. The molecule has 0 saturated heterocycles. The van der Waals surface area contributed by atoms with Crippen molar-refractivity contribution in [3.8, 4) is 0 Å². The Morgan fingerprint density at radius 1 is 1.50 bits per heavy atom. The van der Waals surface area contributed by atoms with Crippen molar-refractivity contribution in [3.63, 3.8) is 0 Å². The second kappa shape index (κ2) is 3.74. The predicted molar refractivity (Wildman–Crippen MR) is 48.0 cm³/mol. The molecule has 0 heterocycles. The molecular formula is C10H16O2. The Kier molecular flexibility index (Phi) is 2.90. The summed E-state index contributed by atoms with van der Waals surface area (Å²) in [6.07, 6.45) is 3.46. The van der Waals surface area contributed by atoms with Crippen molar-refractivity contribution < 1.29 is 9.90 Å². The van der Waals surface area contributed by atoms with Gasteiger partial charge in [-0.25, -0.2) is 0 Å². The molecule has 0 spiro atoms. The second-order valence-electron chi connectivity index (χ2n) is 3.77. The highest BCUT2D eigenvalue weighted by Crippen LogP contribution is 2.30. The summed E-state index contributed by atoms with van der Waals surface area (Å²) in [6, 6.07) is 0. The van der Waals surface area contributed by atoms with E-state index in [1.165, 1.54) is 11.1 Å². The van der Waals surface area contributed by atoms with E-state index in [4.69, 9.17) is 5.11 Å². The summed E-state index contributed by atoms with van der Waals surface area (Å²) in [7, 11) is 0. The van der Waals surface area contributed by atoms with Gasteiger partial charge in [-0.3, -0.25) is 4.79 Å². The van der Waals surface area contributed by atoms with E-state index in [1.807, 2.05) is 0 Å². The van der Waals surface area contributed by atoms with Crippen LogP contribution < -0.4 is 0 Å². The van der Waals surface area contributed by atoms with Gasteiger partial charge >= 0.3 is 5.97 Å². The van der Waals surface area contributed by atoms with Gasteiger partial charge in [0.1, 0.15) is 0 Å². The summed E-state index contributed by atoms with van der Waals surface area (Å²) >= 11 is 0. The maximum atomic E-state index is 10.4. The van der Waals surface area contributed by atoms with Gasteiger partial charge in [0.05, 0.1) is 0 Å². The fourth-order valence-corrected chi connectivity index (χ4v) is 1.76. The number of carboxylic acid groups (broad SMARTS) is 1. The minimum atomic E-state index is -0.660. The largest absolute Gasteiger partial charge is 0.481 e. The van der Waals surface area contributed by atoms with Crippen LogP contribution in [0.15, 0.2) is 11.1 Å². The molecule has 1 unspecified atom stereocenters. The zero-order chi connectivity index (χ0) is 9.14. The monoisotopic (exact) mass is 168 g/mol. The van der Waals surface area contributed by atoms with Crippen molar-refractivity contribution in [2.75, 3.05) is 0 Å². The van der Waals surface area contributed by atoms with Gasteiger partial charge in [-0.1, -0.05) is 11.1 Å². The molecule has 0 aromatic rings. The molecule has 12 heavy (non-hydrogen) atoms. The van der Waals surface area contributed by atoms with Crippen molar-refractivity contribution in [1.82, 2.24) is 0 Å². The number of allylic oxidation sites excluding steroid dienone is 2. The van der Waals surface area contributed by atoms with E-state index in [1.54, 1.807) is 0 Å². The Bertz CT molecular complexity index is 216. The number of hydrogen-bond donors (Lipinski definition) is 1. The average Bonchev–Trinajstić information content (AvgIpc) is 1.96. The van der Waals surface area contributed by atoms with Crippen molar-refractivity contribution in [2.45, 2.75) is 39.5 Å². The average molecular weight is 168 g/mol. The van der Waals surface area contributed by atoms with Crippen LogP contribution in [0.25, 0.3) is 0 Å². The smallest absolute Gasteiger partial charge is 0.303 e. The number of hydrogen-bond acceptors (Lipinski definition) is 1. The lowest BCUT2D eigenvalue weighted by molar-refractivity contribution is -0.138. The minimum absolute atomic E-state index is 0.338. The van der Waals surface area contributed by atoms with Crippen molar-refractivity contribution in [3.05, 3.63) is 11.1 Å². The third-order valence-corrected chi connectivity index (χ3v) is 2.71. The maximum Gasteiger partial charge on any atom is 0.303 e. The van der Waals surface area contributed by atoms with E-state index in [-0.39, 0.29) is 0 Å². The van der Waals surface area contributed by atoms with E-state index in [9.17, 15) is 4.79 Å². The molecule has 2 nitrogen and oxygen atoms in total. The van der Waals surface area contributed by atoms with Gasteiger partial charge in [0, 0.05) is 6.42 Å². The Labute approximate surface area is 73.3 Å². The maximum absolute atomic E-state index is 10.4. The standard InChI is InChI=1S/C10H16O2/c1-7-3-4-9(5-8(7)2)6-10(11)12/h9H,3-6H2,1-2H3,(H,11,12). The summed E-state index contributed by atoms with van der Waals surface area (Å²) in [4.78, 5) is 10.4. The molecule has 1 aliphatic carbocycles. The summed E-state index contributed by atoms with van der Waals surface area (Å²) in [5, 5.41) is 8.60. The first-order chi connectivity index (χ1) is 5.59. The molecule has 0 fully saturated rings. The molecule has 0 aromatic heterocycles. The highest BCUT2D eigenvalue weighted by atomic mass is 16.4. The van der Waals surface area contributed by atoms with Gasteiger partial charge in [-0.05, 0) is 39.0 Å². The van der Waals surface area contributed by atoms with Crippen LogP contribution in [0.1, 0.15) is 39.5 Å². The molecule has 68 valence electrons. The highest BCUT2D eigenvalue weighted by Gasteiger charge is 2.18. The van der Waals surface area contributed by atoms with Crippen LogP contribution in [0.2, 0.25) is 0 Å². The SMILES string of the molecule is CC1=C(C)CC(CC(=O)O)CC1. The first-order valence-corrected chi connectivity index (χ1v) is 4.46. The van der Waals surface area contributed by atoms with E-state index in [0.717, 1.165) is 19.3 Å². The van der Waals surface area contributed by atoms with Crippen LogP contribution in [-0.2, 0) is 4.79 Å². The molecule has 1 rings (SSSR count). The molecule has 0 amide bonds. The fraction of sp³-hybridized carbons (Fsp3) is 0.700.